The van der Waals surface area contributed by atoms with Gasteiger partial charge in [0.15, 0.2) is 5.78 Å². The zero-order valence-corrected chi connectivity index (χ0v) is 16.6. The molecule has 2 rings (SSSR count). The van der Waals surface area contributed by atoms with Gasteiger partial charge >= 0.3 is 5.97 Å². The first-order valence-corrected chi connectivity index (χ1v) is 9.47. The smallest absolute Gasteiger partial charge is 0.311 e. The number of carbonyl (C=O) groups excluding carboxylic acids is 2. The van der Waals surface area contributed by atoms with Crippen molar-refractivity contribution in [3.8, 4) is 0 Å². The summed E-state index contributed by atoms with van der Waals surface area (Å²) < 4.78 is 5.21. The zero-order chi connectivity index (χ0) is 19.1. The van der Waals surface area contributed by atoms with E-state index in [0.29, 0.717) is 31.8 Å². The van der Waals surface area contributed by atoms with Crippen LogP contribution in [-0.2, 0) is 14.3 Å². The molecule has 0 aliphatic heterocycles. The van der Waals surface area contributed by atoms with Gasteiger partial charge in [0.25, 0.3) is 0 Å². The maximum absolute atomic E-state index is 12.7. The van der Waals surface area contributed by atoms with Crippen molar-refractivity contribution in [3.63, 3.8) is 0 Å². The summed E-state index contributed by atoms with van der Waals surface area (Å²) >= 11 is 0. The van der Waals surface area contributed by atoms with Crippen LogP contribution in [0.1, 0.15) is 73.6 Å². The van der Waals surface area contributed by atoms with Gasteiger partial charge in [0.05, 0.1) is 12.0 Å². The molecule has 0 aromatic heterocycles. The molecule has 0 spiro atoms. The summed E-state index contributed by atoms with van der Waals surface area (Å²) in [5.74, 6) is 0.0348. The Morgan fingerprint density at radius 3 is 2.36 bits per heavy atom. The molecule has 2 aliphatic carbocycles. The number of allylic oxidation sites excluding steroid dienone is 1. The summed E-state index contributed by atoms with van der Waals surface area (Å²) in [5, 5.41) is 11.1. The number of aliphatic hydroxyl groups is 1. The lowest BCUT2D eigenvalue weighted by Gasteiger charge is -2.43. The van der Waals surface area contributed by atoms with Crippen molar-refractivity contribution in [3.05, 3.63) is 12.2 Å². The number of hydrogen-bond donors (Lipinski definition) is 1. The third kappa shape index (κ3) is 3.30. The van der Waals surface area contributed by atoms with Crippen LogP contribution < -0.4 is 0 Å². The van der Waals surface area contributed by atoms with Gasteiger partial charge in [0.2, 0.25) is 0 Å². The predicted molar refractivity (Wildman–Crippen MR) is 98.0 cm³/mol. The monoisotopic (exact) mass is 350 g/mol. The van der Waals surface area contributed by atoms with E-state index in [1.54, 1.807) is 6.08 Å². The summed E-state index contributed by atoms with van der Waals surface area (Å²) in [4.78, 5) is 24.4. The Morgan fingerprint density at radius 2 is 1.88 bits per heavy atom. The second kappa shape index (κ2) is 6.53. The fraction of sp³-hybridized carbons (Fsp3) is 0.810. The number of hydrogen-bond acceptors (Lipinski definition) is 4. The molecule has 4 nitrogen and oxygen atoms in total. The van der Waals surface area contributed by atoms with Gasteiger partial charge < -0.3 is 9.84 Å². The van der Waals surface area contributed by atoms with E-state index in [0.717, 1.165) is 12.8 Å². The first kappa shape index (κ1) is 20.2. The zero-order valence-electron chi connectivity index (χ0n) is 16.6. The van der Waals surface area contributed by atoms with Gasteiger partial charge in [-0.3, -0.25) is 9.59 Å². The van der Waals surface area contributed by atoms with Gasteiger partial charge in [-0.25, -0.2) is 0 Å². The number of ketones is 1. The molecule has 0 radical (unpaired) electrons. The molecule has 0 amide bonds. The van der Waals surface area contributed by atoms with Crippen LogP contribution in [0, 0.1) is 22.2 Å². The fourth-order valence-electron chi connectivity index (χ4n) is 4.56. The highest BCUT2D eigenvalue weighted by Gasteiger charge is 2.70. The van der Waals surface area contributed by atoms with Crippen molar-refractivity contribution in [1.29, 1.82) is 0 Å². The van der Waals surface area contributed by atoms with Crippen LogP contribution in [0.3, 0.4) is 0 Å². The maximum atomic E-state index is 12.7. The molecule has 0 heterocycles. The van der Waals surface area contributed by atoms with Crippen molar-refractivity contribution in [2.45, 2.75) is 79.2 Å². The van der Waals surface area contributed by atoms with Crippen molar-refractivity contribution in [2.75, 3.05) is 6.61 Å². The second-order valence-electron chi connectivity index (χ2n) is 9.65. The lowest BCUT2D eigenvalue weighted by Crippen LogP contribution is -2.52. The van der Waals surface area contributed by atoms with E-state index in [9.17, 15) is 14.7 Å². The van der Waals surface area contributed by atoms with Crippen LogP contribution in [0.25, 0.3) is 0 Å². The van der Waals surface area contributed by atoms with Crippen molar-refractivity contribution in [2.24, 2.45) is 22.2 Å². The molecule has 0 aromatic carbocycles. The number of rotatable bonds is 6. The Labute approximate surface area is 152 Å². The van der Waals surface area contributed by atoms with Crippen molar-refractivity contribution in [1.82, 2.24) is 0 Å². The SMILES string of the molecule is CC(C)(C)C(=O)OCCC/C=C/C(=O)[C@@]1(O)C[C@@H]2CC[C@@]1(C)C2(C)C. The molecule has 2 fully saturated rings. The number of ether oxygens (including phenoxy) is 1. The third-order valence-electron chi connectivity index (χ3n) is 6.93. The topological polar surface area (TPSA) is 63.6 Å². The van der Waals surface area contributed by atoms with Crippen molar-refractivity contribution < 1.29 is 19.4 Å². The van der Waals surface area contributed by atoms with E-state index in [1.165, 1.54) is 6.08 Å². The predicted octanol–water partition coefficient (Wildman–Crippen LogP) is 4.06. The Bertz CT molecular complexity index is 569. The third-order valence-corrected chi connectivity index (χ3v) is 6.93. The lowest BCUT2D eigenvalue weighted by molar-refractivity contribution is -0.153. The molecular formula is C21H34O4. The van der Waals surface area contributed by atoms with E-state index in [-0.39, 0.29) is 22.6 Å². The van der Waals surface area contributed by atoms with Gasteiger partial charge in [-0.1, -0.05) is 26.8 Å². The standard InChI is InChI=1S/C21H34O4/c1-18(2,3)17(23)25-13-9-7-8-10-16(22)21(24)14-15-11-12-20(21,6)19(15,4)5/h8,10,15,24H,7,9,11-14H2,1-6H3/b10-8+/t15-,20-,21-/m0/s1. The normalized spacial score (nSPS) is 33.8. The van der Waals surface area contributed by atoms with Gasteiger partial charge in [0, 0.05) is 5.41 Å². The minimum absolute atomic E-state index is 0.00753. The molecule has 2 bridgehead atoms. The van der Waals surface area contributed by atoms with E-state index < -0.39 is 11.0 Å². The van der Waals surface area contributed by atoms with Crippen LogP contribution in [0.4, 0.5) is 0 Å². The van der Waals surface area contributed by atoms with E-state index in [2.05, 4.69) is 20.8 Å². The quantitative estimate of drug-likeness (QED) is 0.446. The van der Waals surface area contributed by atoms with E-state index in [1.807, 2.05) is 20.8 Å². The van der Waals surface area contributed by atoms with Gasteiger partial charge in [0.1, 0.15) is 5.60 Å². The van der Waals surface area contributed by atoms with Crippen LogP contribution in [0.5, 0.6) is 0 Å². The molecule has 3 atom stereocenters. The summed E-state index contributed by atoms with van der Waals surface area (Å²) in [6.07, 6.45) is 7.24. The average Bonchev–Trinajstić information content (AvgIpc) is 2.81. The summed E-state index contributed by atoms with van der Waals surface area (Å²) in [6, 6.07) is 0. The van der Waals surface area contributed by atoms with Crippen LogP contribution in [-0.4, -0.2) is 29.1 Å². The summed E-state index contributed by atoms with van der Waals surface area (Å²) in [7, 11) is 0. The Kier molecular flexibility index (Phi) is 5.27. The number of carbonyl (C=O) groups is 2. The van der Waals surface area contributed by atoms with Crippen LogP contribution in [0.15, 0.2) is 12.2 Å². The van der Waals surface area contributed by atoms with Crippen molar-refractivity contribution >= 4 is 11.8 Å². The molecule has 0 saturated heterocycles. The second-order valence-corrected chi connectivity index (χ2v) is 9.65. The highest BCUT2D eigenvalue weighted by atomic mass is 16.5. The number of fused-ring (bicyclic) bond motifs is 2. The van der Waals surface area contributed by atoms with Crippen LogP contribution >= 0.6 is 0 Å². The molecule has 4 heteroatoms. The Balaban J connectivity index is 1.85. The van der Waals surface area contributed by atoms with E-state index >= 15 is 0 Å². The van der Waals surface area contributed by atoms with Gasteiger partial charge in [-0.2, -0.15) is 0 Å². The summed E-state index contributed by atoms with van der Waals surface area (Å²) in [5.41, 5.74) is -2.09. The van der Waals surface area contributed by atoms with Crippen LogP contribution in [0.2, 0.25) is 0 Å². The molecule has 25 heavy (non-hydrogen) atoms. The minimum Gasteiger partial charge on any atom is -0.465 e. The highest BCUT2D eigenvalue weighted by molar-refractivity contribution is 5.98. The highest BCUT2D eigenvalue weighted by Crippen LogP contribution is 2.69. The number of unbranched alkanes of at least 4 members (excludes halogenated alkanes) is 1. The average molecular weight is 350 g/mol. The molecule has 0 unspecified atom stereocenters. The maximum Gasteiger partial charge on any atom is 0.311 e. The van der Waals surface area contributed by atoms with Gasteiger partial charge in [-0.05, 0) is 70.3 Å². The molecule has 2 aliphatic rings. The number of esters is 1. The molecule has 142 valence electrons. The molecule has 2 saturated carbocycles. The molecule has 1 N–H and O–H groups in total. The summed E-state index contributed by atoms with van der Waals surface area (Å²) in [6.45, 7) is 12.3. The Hall–Kier alpha value is -1.16. The molecule has 0 aromatic rings. The molecular weight excluding hydrogens is 316 g/mol. The lowest BCUT2D eigenvalue weighted by atomic mass is 9.63. The minimum atomic E-state index is -1.24. The largest absolute Gasteiger partial charge is 0.465 e. The van der Waals surface area contributed by atoms with Gasteiger partial charge in [-0.15, -0.1) is 0 Å². The first-order chi connectivity index (χ1) is 11.4. The Morgan fingerprint density at radius 1 is 1.24 bits per heavy atom. The fourth-order valence-corrected chi connectivity index (χ4v) is 4.56. The van der Waals surface area contributed by atoms with E-state index in [4.69, 9.17) is 4.74 Å². The first-order valence-electron chi connectivity index (χ1n) is 9.47.